The highest BCUT2D eigenvalue weighted by molar-refractivity contribution is 5.45. The maximum atomic E-state index is 13.0. The van der Waals surface area contributed by atoms with Crippen LogP contribution in [0.5, 0.6) is 0 Å². The molecule has 0 aliphatic carbocycles. The lowest BCUT2D eigenvalue weighted by Gasteiger charge is -2.32. The number of rotatable bonds is 1. The van der Waals surface area contributed by atoms with Gasteiger partial charge in [0.05, 0.1) is 0 Å². The Kier molecular flexibility index (Phi) is 2.20. The van der Waals surface area contributed by atoms with E-state index in [1.807, 2.05) is 4.90 Å². The molecule has 0 saturated carbocycles. The van der Waals surface area contributed by atoms with Gasteiger partial charge in [0.2, 0.25) is 0 Å². The van der Waals surface area contributed by atoms with Crippen molar-refractivity contribution in [2.75, 3.05) is 18.0 Å². The molecule has 0 aromatic carbocycles. The number of anilines is 1. The fourth-order valence-electron chi connectivity index (χ4n) is 1.95. The highest BCUT2D eigenvalue weighted by Crippen LogP contribution is 2.29. The highest BCUT2D eigenvalue weighted by Gasteiger charge is 2.34. The minimum absolute atomic E-state index is 0.116. The molecule has 2 aromatic rings. The first-order valence-electron chi connectivity index (χ1n) is 5.44. The van der Waals surface area contributed by atoms with Crippen LogP contribution in [0.25, 0.3) is 5.65 Å². The quantitative estimate of drug-likeness (QED) is 0.753. The molecule has 1 aliphatic heterocycles. The lowest BCUT2D eigenvalue weighted by molar-refractivity contribution is -0.0221. The molecule has 0 bridgehead atoms. The average molecular weight is 239 g/mol. The summed E-state index contributed by atoms with van der Waals surface area (Å²) in [4.78, 5) is 1.86. The molecule has 0 N–H and O–H groups in total. The van der Waals surface area contributed by atoms with Crippen LogP contribution in [-0.4, -0.2) is 38.8 Å². The maximum absolute atomic E-state index is 13.0. The molecule has 90 valence electrons. The van der Waals surface area contributed by atoms with Gasteiger partial charge in [-0.25, -0.2) is 8.78 Å². The number of fused-ring (bicyclic) bond motifs is 1. The van der Waals surface area contributed by atoms with Gasteiger partial charge in [-0.1, -0.05) is 0 Å². The van der Waals surface area contributed by atoms with Gasteiger partial charge in [0, 0.05) is 25.9 Å². The summed E-state index contributed by atoms with van der Waals surface area (Å²) in [7, 11) is 0. The Balaban J connectivity index is 1.84. The molecule has 0 spiro atoms. The predicted molar refractivity (Wildman–Crippen MR) is 57.2 cm³/mol. The molecular weight excluding hydrogens is 228 g/mol. The van der Waals surface area contributed by atoms with Crippen LogP contribution >= 0.6 is 0 Å². The van der Waals surface area contributed by atoms with E-state index in [9.17, 15) is 8.78 Å². The summed E-state index contributed by atoms with van der Waals surface area (Å²) in [6.07, 6.45) is 1.27. The van der Waals surface area contributed by atoms with Crippen LogP contribution in [0.15, 0.2) is 18.5 Å². The third-order valence-corrected chi connectivity index (χ3v) is 2.97. The third kappa shape index (κ3) is 1.92. The standard InChI is InChI=1S/C10H11F2N5/c11-10(12)3-5-16(6-4-10)9-2-1-8-14-13-7-17(8)15-9/h1-2,7H,3-6H2. The molecule has 7 heteroatoms. The summed E-state index contributed by atoms with van der Waals surface area (Å²) in [6, 6.07) is 3.57. The maximum Gasteiger partial charge on any atom is 0.251 e. The first kappa shape index (κ1) is 10.4. The van der Waals surface area contributed by atoms with Crippen LogP contribution in [0, 0.1) is 0 Å². The van der Waals surface area contributed by atoms with Crippen LogP contribution in [0.4, 0.5) is 14.6 Å². The first-order chi connectivity index (χ1) is 8.14. The van der Waals surface area contributed by atoms with Crippen molar-refractivity contribution < 1.29 is 8.78 Å². The molecule has 0 radical (unpaired) electrons. The molecule has 3 rings (SSSR count). The molecule has 17 heavy (non-hydrogen) atoms. The summed E-state index contributed by atoms with van der Waals surface area (Å²) < 4.78 is 27.6. The second kappa shape index (κ2) is 3.61. The number of aromatic nitrogens is 4. The van der Waals surface area contributed by atoms with Crippen molar-refractivity contribution in [1.29, 1.82) is 0 Å². The average Bonchev–Trinajstić information content (AvgIpc) is 2.76. The Hall–Kier alpha value is -1.79. The number of halogens is 2. The second-order valence-corrected chi connectivity index (χ2v) is 4.17. The van der Waals surface area contributed by atoms with Gasteiger partial charge in [0.25, 0.3) is 5.92 Å². The van der Waals surface area contributed by atoms with Crippen molar-refractivity contribution in [2.24, 2.45) is 0 Å². The normalized spacial score (nSPS) is 19.8. The number of alkyl halides is 2. The van der Waals surface area contributed by atoms with Gasteiger partial charge in [-0.3, -0.25) is 0 Å². The topological polar surface area (TPSA) is 46.3 Å². The van der Waals surface area contributed by atoms with Crippen LogP contribution in [-0.2, 0) is 0 Å². The van der Waals surface area contributed by atoms with Crippen molar-refractivity contribution in [3.63, 3.8) is 0 Å². The lowest BCUT2D eigenvalue weighted by atomic mass is 10.1. The lowest BCUT2D eigenvalue weighted by Crippen LogP contribution is -2.39. The molecule has 1 aliphatic rings. The molecule has 1 fully saturated rings. The van der Waals surface area contributed by atoms with Crippen molar-refractivity contribution in [1.82, 2.24) is 19.8 Å². The second-order valence-electron chi connectivity index (χ2n) is 4.17. The van der Waals surface area contributed by atoms with Gasteiger partial charge in [-0.05, 0) is 12.1 Å². The van der Waals surface area contributed by atoms with E-state index in [-0.39, 0.29) is 12.8 Å². The van der Waals surface area contributed by atoms with Gasteiger partial charge in [-0.2, -0.15) is 4.52 Å². The van der Waals surface area contributed by atoms with Crippen LogP contribution in [0.2, 0.25) is 0 Å². The summed E-state index contributed by atoms with van der Waals surface area (Å²) in [5, 5.41) is 11.8. The Morgan fingerprint density at radius 3 is 2.71 bits per heavy atom. The van der Waals surface area contributed by atoms with E-state index in [1.165, 1.54) is 6.33 Å². The molecule has 0 atom stereocenters. The van der Waals surface area contributed by atoms with Gasteiger partial charge >= 0.3 is 0 Å². The van der Waals surface area contributed by atoms with E-state index in [2.05, 4.69) is 15.3 Å². The Bertz CT molecular complexity index is 528. The number of piperidine rings is 1. The molecule has 0 unspecified atom stereocenters. The van der Waals surface area contributed by atoms with Gasteiger partial charge < -0.3 is 4.90 Å². The van der Waals surface area contributed by atoms with E-state index in [0.717, 1.165) is 0 Å². The Morgan fingerprint density at radius 2 is 1.94 bits per heavy atom. The van der Waals surface area contributed by atoms with Gasteiger partial charge in [0.1, 0.15) is 12.1 Å². The zero-order chi connectivity index (χ0) is 11.9. The van der Waals surface area contributed by atoms with E-state index >= 15 is 0 Å². The Labute approximate surface area is 96.1 Å². The zero-order valence-corrected chi connectivity index (χ0v) is 9.05. The van der Waals surface area contributed by atoms with Crippen molar-refractivity contribution in [2.45, 2.75) is 18.8 Å². The van der Waals surface area contributed by atoms with E-state index < -0.39 is 5.92 Å². The van der Waals surface area contributed by atoms with E-state index in [1.54, 1.807) is 16.6 Å². The smallest absolute Gasteiger partial charge is 0.251 e. The van der Waals surface area contributed by atoms with E-state index in [0.29, 0.717) is 24.6 Å². The minimum Gasteiger partial charge on any atom is -0.355 e. The van der Waals surface area contributed by atoms with Crippen molar-refractivity contribution in [3.05, 3.63) is 18.5 Å². The summed E-state index contributed by atoms with van der Waals surface area (Å²) in [5.74, 6) is -1.84. The molecule has 0 amide bonds. The number of hydrogen-bond donors (Lipinski definition) is 0. The molecule has 3 heterocycles. The van der Waals surface area contributed by atoms with Gasteiger partial charge in [0.15, 0.2) is 5.65 Å². The largest absolute Gasteiger partial charge is 0.355 e. The molecule has 5 nitrogen and oxygen atoms in total. The highest BCUT2D eigenvalue weighted by atomic mass is 19.3. The number of nitrogens with zero attached hydrogens (tertiary/aromatic N) is 5. The molecule has 2 aromatic heterocycles. The monoisotopic (exact) mass is 239 g/mol. The number of hydrogen-bond acceptors (Lipinski definition) is 4. The van der Waals surface area contributed by atoms with Crippen molar-refractivity contribution >= 4 is 11.5 Å². The summed E-state index contributed by atoms with van der Waals surface area (Å²) in [5.41, 5.74) is 0.649. The van der Waals surface area contributed by atoms with Crippen molar-refractivity contribution in [3.8, 4) is 0 Å². The molecular formula is C10H11F2N5. The molecule has 1 saturated heterocycles. The van der Waals surface area contributed by atoms with Crippen LogP contribution in [0.1, 0.15) is 12.8 Å². The fourth-order valence-corrected chi connectivity index (χ4v) is 1.95. The Morgan fingerprint density at radius 1 is 1.18 bits per heavy atom. The fraction of sp³-hybridized carbons (Fsp3) is 0.500. The summed E-state index contributed by atoms with van der Waals surface area (Å²) in [6.45, 7) is 0.654. The third-order valence-electron chi connectivity index (χ3n) is 2.97. The minimum atomic E-state index is -2.53. The SMILES string of the molecule is FC1(F)CCN(c2ccc3nncn3n2)CC1. The predicted octanol–water partition coefficient (Wildman–Crippen LogP) is 1.36. The van der Waals surface area contributed by atoms with Crippen LogP contribution < -0.4 is 4.90 Å². The van der Waals surface area contributed by atoms with Gasteiger partial charge in [-0.15, -0.1) is 15.3 Å². The van der Waals surface area contributed by atoms with E-state index in [4.69, 9.17) is 0 Å². The van der Waals surface area contributed by atoms with Crippen LogP contribution in [0.3, 0.4) is 0 Å². The zero-order valence-electron chi connectivity index (χ0n) is 9.05. The summed E-state index contributed by atoms with van der Waals surface area (Å²) >= 11 is 0. The first-order valence-corrected chi connectivity index (χ1v) is 5.44.